The summed E-state index contributed by atoms with van der Waals surface area (Å²) in [4.78, 5) is 32.7. The van der Waals surface area contributed by atoms with Crippen molar-refractivity contribution in [1.29, 1.82) is 0 Å². The predicted molar refractivity (Wildman–Crippen MR) is 66.3 cm³/mol. The van der Waals surface area contributed by atoms with Crippen LogP contribution in [0.5, 0.6) is 0 Å². The molecule has 2 heterocycles. The molecule has 1 aliphatic heterocycles. The van der Waals surface area contributed by atoms with Gasteiger partial charge in [-0.05, 0) is 13.8 Å². The molecule has 1 aliphatic rings. The lowest BCUT2D eigenvalue weighted by atomic mass is 10.3. The fourth-order valence-electron chi connectivity index (χ4n) is 1.78. The van der Waals surface area contributed by atoms with E-state index in [1.165, 1.54) is 0 Å². The third-order valence-electron chi connectivity index (χ3n) is 2.45. The molecule has 96 valence electrons. The average Bonchev–Trinajstić information content (AvgIpc) is 2.27. The zero-order valence-corrected chi connectivity index (χ0v) is 10.4. The van der Waals surface area contributed by atoms with E-state index in [0.717, 1.165) is 6.54 Å². The van der Waals surface area contributed by atoms with E-state index in [-0.39, 0.29) is 24.9 Å². The lowest BCUT2D eigenvalue weighted by molar-refractivity contribution is -0.130. The molecular weight excluding hydrogens is 234 g/mol. The fraction of sp³-hybridized carbons (Fsp3) is 0.455. The number of nitrogens with zero attached hydrogens (tertiary/aromatic N) is 3. The number of aryl methyl sites for hydroxylation is 1. The molecule has 0 saturated carbocycles. The van der Waals surface area contributed by atoms with Crippen molar-refractivity contribution in [3.05, 3.63) is 11.9 Å². The Morgan fingerprint density at radius 2 is 2.00 bits per heavy atom. The first-order valence-electron chi connectivity index (χ1n) is 5.75. The number of aromatic nitrogens is 2. The van der Waals surface area contributed by atoms with Crippen LogP contribution in [0.15, 0.2) is 6.07 Å². The van der Waals surface area contributed by atoms with Gasteiger partial charge in [-0.25, -0.2) is 9.97 Å². The van der Waals surface area contributed by atoms with E-state index in [1.807, 2.05) is 6.92 Å². The lowest BCUT2D eigenvalue weighted by Gasteiger charge is -2.26. The molecular formula is C11H15N5O2. The van der Waals surface area contributed by atoms with Gasteiger partial charge in [-0.15, -0.1) is 0 Å². The van der Waals surface area contributed by atoms with Crippen molar-refractivity contribution in [2.75, 3.05) is 29.9 Å². The largest absolute Gasteiger partial charge is 0.370 e. The Hall–Kier alpha value is -2.18. The third kappa shape index (κ3) is 2.73. The molecule has 7 heteroatoms. The highest BCUT2D eigenvalue weighted by Gasteiger charge is 2.23. The Morgan fingerprint density at radius 1 is 1.33 bits per heavy atom. The van der Waals surface area contributed by atoms with E-state index >= 15 is 0 Å². The van der Waals surface area contributed by atoms with E-state index < -0.39 is 0 Å². The molecule has 2 N–H and O–H groups in total. The summed E-state index contributed by atoms with van der Waals surface area (Å²) in [5, 5.41) is 5.34. The molecule has 18 heavy (non-hydrogen) atoms. The van der Waals surface area contributed by atoms with Crippen LogP contribution in [-0.2, 0) is 9.59 Å². The molecule has 0 aliphatic carbocycles. The molecule has 0 bridgehead atoms. The molecule has 0 spiro atoms. The Balaban J connectivity index is 2.26. The zero-order valence-electron chi connectivity index (χ0n) is 10.4. The Kier molecular flexibility index (Phi) is 3.40. The molecule has 0 atom stereocenters. The van der Waals surface area contributed by atoms with Gasteiger partial charge in [-0.3, -0.25) is 14.9 Å². The Morgan fingerprint density at radius 3 is 2.61 bits per heavy atom. The summed E-state index contributed by atoms with van der Waals surface area (Å²) >= 11 is 0. The van der Waals surface area contributed by atoms with Crippen LogP contribution < -0.4 is 15.5 Å². The van der Waals surface area contributed by atoms with Gasteiger partial charge in [0, 0.05) is 12.6 Å². The van der Waals surface area contributed by atoms with Crippen molar-refractivity contribution in [2.24, 2.45) is 0 Å². The van der Waals surface area contributed by atoms with Crippen molar-refractivity contribution in [3.63, 3.8) is 0 Å². The Labute approximate surface area is 105 Å². The summed E-state index contributed by atoms with van der Waals surface area (Å²) in [7, 11) is 0. The van der Waals surface area contributed by atoms with Crippen molar-refractivity contribution < 1.29 is 9.59 Å². The van der Waals surface area contributed by atoms with Gasteiger partial charge >= 0.3 is 0 Å². The first-order valence-corrected chi connectivity index (χ1v) is 5.75. The summed E-state index contributed by atoms with van der Waals surface area (Å²) in [6.45, 7) is 4.75. The number of hydrogen-bond acceptors (Lipinski definition) is 6. The van der Waals surface area contributed by atoms with Gasteiger partial charge in [0.25, 0.3) is 0 Å². The molecule has 1 aromatic heterocycles. The lowest BCUT2D eigenvalue weighted by Crippen LogP contribution is -2.51. The van der Waals surface area contributed by atoms with Gasteiger partial charge in [0.15, 0.2) is 0 Å². The first kappa shape index (κ1) is 12.3. The molecule has 7 nitrogen and oxygen atoms in total. The number of carbonyl (C=O) groups excluding carboxylic acids is 2. The maximum Gasteiger partial charge on any atom is 0.246 e. The maximum atomic E-state index is 11.3. The minimum absolute atomic E-state index is 0.133. The van der Waals surface area contributed by atoms with Crippen LogP contribution in [0.4, 0.5) is 11.6 Å². The van der Waals surface area contributed by atoms with E-state index in [0.29, 0.717) is 17.5 Å². The topological polar surface area (TPSA) is 87.2 Å². The Bertz CT molecular complexity index is 472. The van der Waals surface area contributed by atoms with Crippen LogP contribution in [0.2, 0.25) is 0 Å². The summed E-state index contributed by atoms with van der Waals surface area (Å²) in [6.07, 6.45) is 0. The van der Waals surface area contributed by atoms with Crippen LogP contribution in [0.3, 0.4) is 0 Å². The van der Waals surface area contributed by atoms with Crippen LogP contribution in [0.25, 0.3) is 0 Å². The third-order valence-corrected chi connectivity index (χ3v) is 2.45. The van der Waals surface area contributed by atoms with Crippen LogP contribution in [-0.4, -0.2) is 41.4 Å². The number of nitrogens with one attached hydrogen (secondary N) is 2. The van der Waals surface area contributed by atoms with E-state index in [9.17, 15) is 9.59 Å². The smallest absolute Gasteiger partial charge is 0.246 e. The number of amides is 2. The normalized spacial score (nSPS) is 15.6. The maximum absolute atomic E-state index is 11.3. The molecule has 2 rings (SSSR count). The van der Waals surface area contributed by atoms with Gasteiger partial charge in [0.1, 0.15) is 17.5 Å². The summed E-state index contributed by atoms with van der Waals surface area (Å²) < 4.78 is 0. The average molecular weight is 249 g/mol. The van der Waals surface area contributed by atoms with Crippen LogP contribution in [0, 0.1) is 6.92 Å². The standard InChI is InChI=1S/C11H15N5O2/c1-3-12-8-4-9(14-7(2)13-8)16-5-10(17)15-11(18)6-16/h4H,3,5-6H2,1-2H3,(H,12,13,14)(H,15,17,18). The van der Waals surface area contributed by atoms with E-state index in [2.05, 4.69) is 20.6 Å². The summed E-state index contributed by atoms with van der Waals surface area (Å²) in [5.41, 5.74) is 0. The highest BCUT2D eigenvalue weighted by molar-refractivity contribution is 6.02. The SMILES string of the molecule is CCNc1cc(N2CC(=O)NC(=O)C2)nc(C)n1. The van der Waals surface area contributed by atoms with E-state index in [1.54, 1.807) is 17.9 Å². The summed E-state index contributed by atoms with van der Waals surface area (Å²) in [5.74, 6) is 1.25. The molecule has 0 aromatic carbocycles. The van der Waals surface area contributed by atoms with E-state index in [4.69, 9.17) is 0 Å². The predicted octanol–water partition coefficient (Wildman–Crippen LogP) is -0.320. The van der Waals surface area contributed by atoms with Gasteiger partial charge in [-0.1, -0.05) is 0 Å². The van der Waals surface area contributed by atoms with Gasteiger partial charge in [-0.2, -0.15) is 0 Å². The van der Waals surface area contributed by atoms with Crippen LogP contribution >= 0.6 is 0 Å². The first-order chi connectivity index (χ1) is 8.58. The van der Waals surface area contributed by atoms with Crippen molar-refractivity contribution in [1.82, 2.24) is 15.3 Å². The molecule has 1 aromatic rings. The van der Waals surface area contributed by atoms with Crippen LogP contribution in [0.1, 0.15) is 12.7 Å². The fourth-order valence-corrected chi connectivity index (χ4v) is 1.78. The number of carbonyl (C=O) groups is 2. The molecule has 0 unspecified atom stereocenters. The van der Waals surface area contributed by atoms with Gasteiger partial charge < -0.3 is 10.2 Å². The highest BCUT2D eigenvalue weighted by atomic mass is 16.2. The minimum Gasteiger partial charge on any atom is -0.370 e. The monoisotopic (exact) mass is 249 g/mol. The number of anilines is 2. The number of imide groups is 1. The minimum atomic E-state index is -0.312. The second-order valence-electron chi connectivity index (χ2n) is 4.02. The highest BCUT2D eigenvalue weighted by Crippen LogP contribution is 2.16. The van der Waals surface area contributed by atoms with Gasteiger partial charge in [0.05, 0.1) is 13.1 Å². The quantitative estimate of drug-likeness (QED) is 0.714. The molecule has 1 saturated heterocycles. The van der Waals surface area contributed by atoms with Crippen molar-refractivity contribution >= 4 is 23.5 Å². The molecule has 1 fully saturated rings. The summed E-state index contributed by atoms with van der Waals surface area (Å²) in [6, 6.07) is 1.74. The number of rotatable bonds is 3. The van der Waals surface area contributed by atoms with Gasteiger partial charge in [0.2, 0.25) is 11.8 Å². The zero-order chi connectivity index (χ0) is 13.1. The molecule has 2 amide bonds. The number of hydrogen-bond donors (Lipinski definition) is 2. The second kappa shape index (κ2) is 4.99. The second-order valence-corrected chi connectivity index (χ2v) is 4.02. The number of piperazine rings is 1. The van der Waals surface area contributed by atoms with Crippen molar-refractivity contribution in [3.8, 4) is 0 Å². The molecule has 0 radical (unpaired) electrons. The van der Waals surface area contributed by atoms with Crippen molar-refractivity contribution in [2.45, 2.75) is 13.8 Å².